The number of aryl methyl sites for hydroxylation is 1. The molecular formula is C25H30N4O5S. The first-order valence-electron chi connectivity index (χ1n) is 11.5. The van der Waals surface area contributed by atoms with Crippen LogP contribution in [0.2, 0.25) is 0 Å². The molecular weight excluding hydrogens is 468 g/mol. The number of aromatic nitrogens is 1. The highest BCUT2D eigenvalue weighted by Gasteiger charge is 2.27. The Morgan fingerprint density at radius 2 is 1.83 bits per heavy atom. The zero-order valence-electron chi connectivity index (χ0n) is 20.2. The summed E-state index contributed by atoms with van der Waals surface area (Å²) < 4.78 is 33.8. The number of sulfonamides is 1. The predicted octanol–water partition coefficient (Wildman–Crippen LogP) is 3.39. The maximum absolute atomic E-state index is 12.6. The third-order valence-electron chi connectivity index (χ3n) is 5.88. The fourth-order valence-electron chi connectivity index (χ4n) is 4.03. The summed E-state index contributed by atoms with van der Waals surface area (Å²) in [7, 11) is -3.54. The average Bonchev–Trinajstić information content (AvgIpc) is 3.47. The number of rotatable bonds is 9. The molecule has 1 aliphatic rings. The molecule has 2 aromatic rings. The number of ether oxygens (including phenoxy) is 1. The number of nitrogens with zero attached hydrogens (tertiary/aromatic N) is 3. The molecule has 1 fully saturated rings. The third-order valence-corrected chi connectivity index (χ3v) is 7.79. The lowest BCUT2D eigenvalue weighted by Gasteiger charge is -2.15. The highest BCUT2D eigenvalue weighted by Crippen LogP contribution is 2.22. The maximum Gasteiger partial charge on any atom is 0.349 e. The highest BCUT2D eigenvalue weighted by atomic mass is 32.2. The van der Waals surface area contributed by atoms with E-state index in [0.29, 0.717) is 18.8 Å². The van der Waals surface area contributed by atoms with Crippen molar-refractivity contribution in [2.24, 2.45) is 0 Å². The van der Waals surface area contributed by atoms with Gasteiger partial charge in [-0.1, -0.05) is 6.92 Å². The fraction of sp³-hybridized carbons (Fsp3) is 0.400. The summed E-state index contributed by atoms with van der Waals surface area (Å²) >= 11 is 0. The van der Waals surface area contributed by atoms with E-state index in [4.69, 9.17) is 4.74 Å². The Labute approximate surface area is 206 Å². The zero-order chi connectivity index (χ0) is 25.6. The van der Waals surface area contributed by atoms with Crippen molar-refractivity contribution in [3.05, 3.63) is 52.9 Å². The molecule has 0 unspecified atom stereocenters. The van der Waals surface area contributed by atoms with Crippen LogP contribution in [-0.2, 0) is 30.9 Å². The molecule has 0 aliphatic carbocycles. The standard InChI is InChI=1S/C25H30N4O5S/c1-4-11-29-18(2)14-20(19(29)3)15-21(16-26)25(31)34-17-24(30)27-22-7-9-23(10-8-22)35(32,33)28-12-5-6-13-28/h7-10,14-15H,4-6,11-13,17H2,1-3H3,(H,27,30)/b21-15+. The van der Waals surface area contributed by atoms with E-state index >= 15 is 0 Å². The van der Waals surface area contributed by atoms with Crippen molar-refractivity contribution in [1.29, 1.82) is 5.26 Å². The Balaban J connectivity index is 1.59. The van der Waals surface area contributed by atoms with Crippen LogP contribution in [0.1, 0.15) is 43.1 Å². The molecule has 0 spiro atoms. The number of hydrogen-bond acceptors (Lipinski definition) is 6. The van der Waals surface area contributed by atoms with Crippen LogP contribution >= 0.6 is 0 Å². The Kier molecular flexibility index (Phi) is 8.48. The van der Waals surface area contributed by atoms with E-state index in [0.717, 1.165) is 42.8 Å². The average molecular weight is 499 g/mol. The first-order chi connectivity index (χ1) is 16.7. The molecule has 0 radical (unpaired) electrons. The van der Waals surface area contributed by atoms with Crippen molar-refractivity contribution < 1.29 is 22.7 Å². The molecule has 1 aromatic carbocycles. The third kappa shape index (κ3) is 6.18. The van der Waals surface area contributed by atoms with Crippen molar-refractivity contribution in [1.82, 2.24) is 8.87 Å². The van der Waals surface area contributed by atoms with Crippen LogP contribution in [0.25, 0.3) is 6.08 Å². The smallest absolute Gasteiger partial charge is 0.349 e. The second kappa shape index (κ2) is 11.3. The van der Waals surface area contributed by atoms with Crippen molar-refractivity contribution in [3.63, 3.8) is 0 Å². The Morgan fingerprint density at radius 1 is 1.17 bits per heavy atom. The molecule has 1 saturated heterocycles. The molecule has 10 heteroatoms. The van der Waals surface area contributed by atoms with Gasteiger partial charge in [0.2, 0.25) is 10.0 Å². The number of nitrogens with one attached hydrogen (secondary N) is 1. The van der Waals surface area contributed by atoms with Gasteiger partial charge in [0.1, 0.15) is 11.6 Å². The number of benzene rings is 1. The molecule has 0 atom stereocenters. The summed E-state index contributed by atoms with van der Waals surface area (Å²) in [5, 5.41) is 12.0. The number of anilines is 1. The minimum absolute atomic E-state index is 0.158. The zero-order valence-corrected chi connectivity index (χ0v) is 21.0. The summed E-state index contributed by atoms with van der Waals surface area (Å²) in [6.07, 6.45) is 4.12. The van der Waals surface area contributed by atoms with Gasteiger partial charge in [0.25, 0.3) is 5.91 Å². The molecule has 2 heterocycles. The second-order valence-corrected chi connectivity index (χ2v) is 10.3. The van der Waals surface area contributed by atoms with Gasteiger partial charge in [-0.3, -0.25) is 4.79 Å². The quantitative estimate of drug-likeness (QED) is 0.321. The van der Waals surface area contributed by atoms with Crippen LogP contribution in [0.5, 0.6) is 0 Å². The number of amides is 1. The van der Waals surface area contributed by atoms with E-state index in [2.05, 4.69) is 16.8 Å². The van der Waals surface area contributed by atoms with Gasteiger partial charge in [-0.2, -0.15) is 9.57 Å². The lowest BCUT2D eigenvalue weighted by molar-refractivity contribution is -0.142. The summed E-state index contributed by atoms with van der Waals surface area (Å²) in [5.74, 6) is -1.50. The monoisotopic (exact) mass is 498 g/mol. The van der Waals surface area contributed by atoms with Crippen LogP contribution in [0.4, 0.5) is 5.69 Å². The second-order valence-electron chi connectivity index (χ2n) is 8.41. The van der Waals surface area contributed by atoms with Crippen LogP contribution in [0.3, 0.4) is 0 Å². The van der Waals surface area contributed by atoms with E-state index in [-0.39, 0.29) is 10.5 Å². The van der Waals surface area contributed by atoms with Crippen LogP contribution in [0.15, 0.2) is 40.8 Å². The van der Waals surface area contributed by atoms with Crippen molar-refractivity contribution in [2.75, 3.05) is 25.0 Å². The molecule has 3 rings (SSSR count). The van der Waals surface area contributed by atoms with Gasteiger partial charge in [0, 0.05) is 36.7 Å². The molecule has 1 aliphatic heterocycles. The molecule has 186 valence electrons. The number of carbonyl (C=O) groups excluding carboxylic acids is 2. The topological polar surface area (TPSA) is 121 Å². The molecule has 1 N–H and O–H groups in total. The molecule has 1 amide bonds. The SMILES string of the molecule is CCCn1c(C)cc(/C=C(\C#N)C(=O)OCC(=O)Nc2ccc(S(=O)(=O)N3CCCC3)cc2)c1C. The number of nitriles is 1. The van der Waals surface area contributed by atoms with Gasteiger partial charge >= 0.3 is 5.97 Å². The van der Waals surface area contributed by atoms with Crippen LogP contribution in [0, 0.1) is 25.2 Å². The summed E-state index contributed by atoms with van der Waals surface area (Å²) in [6.45, 7) is 7.23. The van der Waals surface area contributed by atoms with Crippen molar-refractivity contribution >= 4 is 33.7 Å². The van der Waals surface area contributed by atoms with Gasteiger partial charge in [0.15, 0.2) is 6.61 Å². The Hall–Kier alpha value is -3.42. The van der Waals surface area contributed by atoms with Crippen molar-refractivity contribution in [2.45, 2.75) is 51.5 Å². The molecule has 0 saturated carbocycles. The number of esters is 1. The van der Waals surface area contributed by atoms with E-state index in [1.165, 1.54) is 34.6 Å². The summed E-state index contributed by atoms with van der Waals surface area (Å²) in [6, 6.07) is 9.56. The molecule has 35 heavy (non-hydrogen) atoms. The summed E-state index contributed by atoms with van der Waals surface area (Å²) in [5.41, 5.74) is 2.88. The van der Waals surface area contributed by atoms with Gasteiger partial charge < -0.3 is 14.6 Å². The number of hydrogen-bond donors (Lipinski definition) is 1. The molecule has 9 nitrogen and oxygen atoms in total. The maximum atomic E-state index is 12.6. The number of carbonyl (C=O) groups is 2. The van der Waals surface area contributed by atoms with Gasteiger partial charge in [0.05, 0.1) is 4.90 Å². The molecule has 0 bridgehead atoms. The van der Waals surface area contributed by atoms with Gasteiger partial charge in [-0.25, -0.2) is 13.2 Å². The first-order valence-corrected chi connectivity index (χ1v) is 13.0. The van der Waals surface area contributed by atoms with E-state index in [1.807, 2.05) is 26.0 Å². The van der Waals surface area contributed by atoms with E-state index < -0.39 is 28.5 Å². The highest BCUT2D eigenvalue weighted by molar-refractivity contribution is 7.89. The van der Waals surface area contributed by atoms with Crippen LogP contribution < -0.4 is 5.32 Å². The largest absolute Gasteiger partial charge is 0.451 e. The van der Waals surface area contributed by atoms with E-state index in [9.17, 15) is 23.3 Å². The fourth-order valence-corrected chi connectivity index (χ4v) is 5.54. The van der Waals surface area contributed by atoms with Gasteiger partial charge in [-0.05, 0) is 75.1 Å². The normalized spacial score (nSPS) is 14.5. The van der Waals surface area contributed by atoms with Crippen LogP contribution in [-0.4, -0.2) is 48.9 Å². The summed E-state index contributed by atoms with van der Waals surface area (Å²) in [4.78, 5) is 24.8. The molecule has 1 aromatic heterocycles. The lowest BCUT2D eigenvalue weighted by Crippen LogP contribution is -2.27. The minimum atomic E-state index is -3.54. The first kappa shape index (κ1) is 26.2. The Morgan fingerprint density at radius 3 is 2.43 bits per heavy atom. The minimum Gasteiger partial charge on any atom is -0.451 e. The van der Waals surface area contributed by atoms with Crippen molar-refractivity contribution in [3.8, 4) is 6.07 Å². The van der Waals surface area contributed by atoms with E-state index in [1.54, 1.807) is 0 Å². The lowest BCUT2D eigenvalue weighted by atomic mass is 10.1. The van der Waals surface area contributed by atoms with Gasteiger partial charge in [-0.15, -0.1) is 0 Å². The Bertz CT molecular complexity index is 1260. The predicted molar refractivity (Wildman–Crippen MR) is 132 cm³/mol.